The lowest BCUT2D eigenvalue weighted by Crippen LogP contribution is -1.96. The lowest BCUT2D eigenvalue weighted by atomic mass is 10.3. The number of anilines is 1. The maximum absolute atomic E-state index is 3.61. The van der Waals surface area contributed by atoms with Crippen LogP contribution in [-0.4, -0.2) is 12.0 Å². The molecule has 0 unspecified atom stereocenters. The normalized spacial score (nSPS) is 8.00. The minimum absolute atomic E-state index is 0. The fourth-order valence-electron chi connectivity index (χ4n) is 0.746. The molecule has 11 heavy (non-hydrogen) atoms. The van der Waals surface area contributed by atoms with Crippen molar-refractivity contribution < 1.29 is 5.48 Å². The number of rotatable bonds is 3. The van der Waals surface area contributed by atoms with Crippen LogP contribution in [0.15, 0.2) is 43.0 Å². The molecule has 0 heterocycles. The highest BCUT2D eigenvalue weighted by atomic mass is 16.0. The van der Waals surface area contributed by atoms with Gasteiger partial charge in [0.05, 0.1) is 0 Å². The van der Waals surface area contributed by atoms with Crippen molar-refractivity contribution in [3.63, 3.8) is 0 Å². The molecule has 0 fully saturated rings. The Bertz CT molecular complexity index is 196. The van der Waals surface area contributed by atoms with E-state index in [-0.39, 0.29) is 5.48 Å². The first-order valence-corrected chi connectivity index (χ1v) is 3.33. The van der Waals surface area contributed by atoms with Gasteiger partial charge in [0.2, 0.25) is 0 Å². The molecule has 1 aromatic carbocycles. The summed E-state index contributed by atoms with van der Waals surface area (Å²) in [6.45, 7) is 4.44. The summed E-state index contributed by atoms with van der Waals surface area (Å²) in [4.78, 5) is 0. The average Bonchev–Trinajstić information content (AvgIpc) is 2.03. The fourth-order valence-corrected chi connectivity index (χ4v) is 0.746. The highest BCUT2D eigenvalue weighted by molar-refractivity contribution is 5.42. The summed E-state index contributed by atoms with van der Waals surface area (Å²) >= 11 is 0. The van der Waals surface area contributed by atoms with Crippen molar-refractivity contribution in [2.45, 2.75) is 0 Å². The molecule has 0 amide bonds. The lowest BCUT2D eigenvalue weighted by Gasteiger charge is -2.00. The molecule has 60 valence electrons. The van der Waals surface area contributed by atoms with E-state index in [0.717, 1.165) is 12.2 Å². The van der Waals surface area contributed by atoms with Crippen LogP contribution in [0.3, 0.4) is 0 Å². The van der Waals surface area contributed by atoms with Crippen molar-refractivity contribution in [2.24, 2.45) is 0 Å². The third-order valence-electron chi connectivity index (χ3n) is 1.22. The average molecular weight is 151 g/mol. The van der Waals surface area contributed by atoms with Crippen molar-refractivity contribution in [3.8, 4) is 0 Å². The first-order valence-electron chi connectivity index (χ1n) is 3.33. The summed E-state index contributed by atoms with van der Waals surface area (Å²) in [7, 11) is 0. The minimum atomic E-state index is 0. The van der Waals surface area contributed by atoms with Crippen molar-refractivity contribution in [1.29, 1.82) is 0 Å². The molecule has 0 saturated heterocycles. The molecule has 0 radical (unpaired) electrons. The number of nitrogens with one attached hydrogen (secondary N) is 1. The molecule has 0 aromatic heterocycles. The number of hydrogen-bond donors (Lipinski definition) is 1. The van der Waals surface area contributed by atoms with Gasteiger partial charge in [-0.3, -0.25) is 0 Å². The van der Waals surface area contributed by atoms with E-state index in [2.05, 4.69) is 11.9 Å². The Morgan fingerprint density at radius 1 is 1.27 bits per heavy atom. The van der Waals surface area contributed by atoms with Crippen LogP contribution in [0.5, 0.6) is 0 Å². The Balaban J connectivity index is 0.000001000. The second-order valence-electron chi connectivity index (χ2n) is 2.04. The van der Waals surface area contributed by atoms with Gasteiger partial charge in [0.15, 0.2) is 0 Å². The van der Waals surface area contributed by atoms with Crippen LogP contribution in [0.2, 0.25) is 0 Å². The highest BCUT2D eigenvalue weighted by Crippen LogP contribution is 2.03. The highest BCUT2D eigenvalue weighted by Gasteiger charge is 1.82. The maximum Gasteiger partial charge on any atom is 0.0342 e. The van der Waals surface area contributed by atoms with E-state index in [1.807, 2.05) is 36.4 Å². The molecular formula is C9H13NO. The monoisotopic (exact) mass is 151 g/mol. The largest absolute Gasteiger partial charge is 0.412 e. The molecule has 0 saturated carbocycles. The minimum Gasteiger partial charge on any atom is -0.412 e. The SMILES string of the molecule is C=CCNc1ccccc1.O. The standard InChI is InChI=1S/C9H11N.H2O/c1-2-8-10-9-6-4-3-5-7-9;/h2-7,10H,1,8H2;1H2. The van der Waals surface area contributed by atoms with E-state index in [0.29, 0.717) is 0 Å². The zero-order valence-corrected chi connectivity index (χ0v) is 6.38. The second-order valence-corrected chi connectivity index (χ2v) is 2.04. The van der Waals surface area contributed by atoms with Gasteiger partial charge >= 0.3 is 0 Å². The van der Waals surface area contributed by atoms with Crippen molar-refractivity contribution >= 4 is 5.69 Å². The third-order valence-corrected chi connectivity index (χ3v) is 1.22. The van der Waals surface area contributed by atoms with Crippen LogP contribution in [0.25, 0.3) is 0 Å². The van der Waals surface area contributed by atoms with Crippen molar-refractivity contribution in [3.05, 3.63) is 43.0 Å². The zero-order chi connectivity index (χ0) is 7.23. The van der Waals surface area contributed by atoms with E-state index in [9.17, 15) is 0 Å². The lowest BCUT2D eigenvalue weighted by molar-refractivity contribution is 0.824. The van der Waals surface area contributed by atoms with Crippen LogP contribution in [-0.2, 0) is 0 Å². The molecule has 0 bridgehead atoms. The smallest absolute Gasteiger partial charge is 0.0342 e. The maximum atomic E-state index is 3.61. The molecule has 1 rings (SSSR count). The van der Waals surface area contributed by atoms with Gasteiger partial charge in [0, 0.05) is 12.2 Å². The summed E-state index contributed by atoms with van der Waals surface area (Å²) in [5, 5.41) is 3.18. The Hall–Kier alpha value is -1.28. The Morgan fingerprint density at radius 2 is 1.91 bits per heavy atom. The van der Waals surface area contributed by atoms with Gasteiger partial charge in [0.25, 0.3) is 0 Å². The van der Waals surface area contributed by atoms with Gasteiger partial charge in [0.1, 0.15) is 0 Å². The fraction of sp³-hybridized carbons (Fsp3) is 0.111. The first-order chi connectivity index (χ1) is 4.93. The van der Waals surface area contributed by atoms with Crippen LogP contribution in [0.4, 0.5) is 5.69 Å². The summed E-state index contributed by atoms with van der Waals surface area (Å²) in [6, 6.07) is 10.1. The van der Waals surface area contributed by atoms with Gasteiger partial charge < -0.3 is 10.8 Å². The third kappa shape index (κ3) is 3.43. The molecule has 0 atom stereocenters. The van der Waals surface area contributed by atoms with Crippen LogP contribution in [0.1, 0.15) is 0 Å². The van der Waals surface area contributed by atoms with Crippen LogP contribution in [0, 0.1) is 0 Å². The van der Waals surface area contributed by atoms with Crippen molar-refractivity contribution in [1.82, 2.24) is 0 Å². The van der Waals surface area contributed by atoms with E-state index in [1.165, 1.54) is 0 Å². The van der Waals surface area contributed by atoms with Gasteiger partial charge in [-0.1, -0.05) is 24.3 Å². The Labute approximate surface area is 66.9 Å². The molecule has 2 heteroatoms. The van der Waals surface area contributed by atoms with E-state index < -0.39 is 0 Å². The summed E-state index contributed by atoms with van der Waals surface area (Å²) in [5.41, 5.74) is 1.14. The van der Waals surface area contributed by atoms with Gasteiger partial charge in [-0.15, -0.1) is 6.58 Å². The predicted octanol–water partition coefficient (Wildman–Crippen LogP) is 1.46. The Kier molecular flexibility index (Phi) is 4.86. The molecular weight excluding hydrogens is 138 g/mol. The number of hydrogen-bond acceptors (Lipinski definition) is 1. The van der Waals surface area contributed by atoms with Gasteiger partial charge in [-0.2, -0.15) is 0 Å². The van der Waals surface area contributed by atoms with E-state index in [4.69, 9.17) is 0 Å². The van der Waals surface area contributed by atoms with Crippen LogP contribution < -0.4 is 5.32 Å². The molecule has 0 aliphatic carbocycles. The first kappa shape index (κ1) is 9.72. The predicted molar refractivity (Wildman–Crippen MR) is 48.7 cm³/mol. The molecule has 0 spiro atoms. The van der Waals surface area contributed by atoms with E-state index in [1.54, 1.807) is 0 Å². The second kappa shape index (κ2) is 5.50. The number of benzene rings is 1. The molecule has 2 nitrogen and oxygen atoms in total. The zero-order valence-electron chi connectivity index (χ0n) is 6.38. The summed E-state index contributed by atoms with van der Waals surface area (Å²) in [5.74, 6) is 0. The van der Waals surface area contributed by atoms with Crippen molar-refractivity contribution in [2.75, 3.05) is 11.9 Å². The summed E-state index contributed by atoms with van der Waals surface area (Å²) < 4.78 is 0. The summed E-state index contributed by atoms with van der Waals surface area (Å²) in [6.07, 6.45) is 1.84. The topological polar surface area (TPSA) is 43.5 Å². The molecule has 0 aliphatic heterocycles. The van der Waals surface area contributed by atoms with Gasteiger partial charge in [-0.25, -0.2) is 0 Å². The Morgan fingerprint density at radius 3 is 2.45 bits per heavy atom. The molecule has 3 N–H and O–H groups in total. The number of para-hydroxylation sites is 1. The molecule has 0 aliphatic rings. The van der Waals surface area contributed by atoms with E-state index >= 15 is 0 Å². The molecule has 1 aromatic rings. The van der Waals surface area contributed by atoms with Gasteiger partial charge in [-0.05, 0) is 12.1 Å². The van der Waals surface area contributed by atoms with Crippen LogP contribution >= 0.6 is 0 Å². The quantitative estimate of drug-likeness (QED) is 0.653.